The summed E-state index contributed by atoms with van der Waals surface area (Å²) >= 11 is 1.52. The van der Waals surface area contributed by atoms with Gasteiger partial charge in [0.05, 0.1) is 27.7 Å². The average Bonchev–Trinajstić information content (AvgIpc) is 3.39. The van der Waals surface area contributed by atoms with Gasteiger partial charge in [0.25, 0.3) is 5.91 Å². The molecule has 5 rings (SSSR count). The van der Waals surface area contributed by atoms with E-state index < -0.39 is 11.8 Å². The van der Waals surface area contributed by atoms with E-state index in [2.05, 4.69) is 0 Å². The minimum absolute atomic E-state index is 0.370. The predicted octanol–water partition coefficient (Wildman–Crippen LogP) is 5.24. The van der Waals surface area contributed by atoms with Gasteiger partial charge in [0.1, 0.15) is 6.29 Å². The highest BCUT2D eigenvalue weighted by molar-refractivity contribution is 7.26. The van der Waals surface area contributed by atoms with Crippen LogP contribution in [0.5, 0.6) is 0 Å². The molecule has 1 atom stereocenters. The molecule has 154 valence electrons. The summed E-state index contributed by atoms with van der Waals surface area (Å²) in [6, 6.07) is 28.4. The van der Waals surface area contributed by atoms with Crippen LogP contribution < -0.4 is 4.90 Å². The summed E-state index contributed by atoms with van der Waals surface area (Å²) in [4.78, 5) is 26.2. The van der Waals surface area contributed by atoms with Crippen molar-refractivity contribution in [3.63, 3.8) is 0 Å². The van der Waals surface area contributed by atoms with Crippen molar-refractivity contribution < 1.29 is 9.59 Å². The van der Waals surface area contributed by atoms with Gasteiger partial charge in [-0.3, -0.25) is 9.69 Å². The summed E-state index contributed by atoms with van der Waals surface area (Å²) in [6.45, 7) is 0. The van der Waals surface area contributed by atoms with E-state index in [1.54, 1.807) is 30.3 Å². The molecule has 0 fully saturated rings. The van der Waals surface area contributed by atoms with Gasteiger partial charge in [0.2, 0.25) is 0 Å². The Morgan fingerprint density at radius 2 is 1.66 bits per heavy atom. The van der Waals surface area contributed by atoms with Crippen LogP contribution in [0.2, 0.25) is 0 Å². The van der Waals surface area contributed by atoms with Gasteiger partial charge in [-0.2, -0.15) is 5.26 Å². The Kier molecular flexibility index (Phi) is 4.98. The van der Waals surface area contributed by atoms with Crippen LogP contribution in [0.25, 0.3) is 26.0 Å². The molecule has 6 nitrogen and oxygen atoms in total. The Hall–Kier alpha value is -4.28. The van der Waals surface area contributed by atoms with E-state index in [1.165, 1.54) is 16.2 Å². The summed E-state index contributed by atoms with van der Waals surface area (Å²) in [6.07, 6.45) is 0.370. The van der Waals surface area contributed by atoms with E-state index in [4.69, 9.17) is 5.10 Å². The Morgan fingerprint density at radius 3 is 2.34 bits per heavy atom. The van der Waals surface area contributed by atoms with Crippen molar-refractivity contribution in [1.82, 2.24) is 9.78 Å². The second kappa shape index (κ2) is 8.10. The molecule has 3 aromatic carbocycles. The smallest absolute Gasteiger partial charge is 0.257 e. The van der Waals surface area contributed by atoms with Crippen LogP contribution in [0.15, 0.2) is 84.9 Å². The fraction of sp³-hybridized carbons (Fsp3) is 0.0400. The van der Waals surface area contributed by atoms with E-state index >= 15 is 0 Å². The Morgan fingerprint density at radius 1 is 1.00 bits per heavy atom. The Bertz CT molecular complexity index is 1480. The van der Waals surface area contributed by atoms with Crippen LogP contribution in [0.4, 0.5) is 11.5 Å². The highest BCUT2D eigenvalue weighted by Crippen LogP contribution is 2.42. The van der Waals surface area contributed by atoms with Gasteiger partial charge >= 0.3 is 0 Å². The van der Waals surface area contributed by atoms with E-state index in [9.17, 15) is 14.9 Å². The SMILES string of the molecule is N#CC(C=O)C(=O)N(c1ccccc1)c1nn(-c2ccccc2)c2c1sc1ccccc12. The Labute approximate surface area is 187 Å². The number of nitriles is 1. The van der Waals surface area contributed by atoms with E-state index in [-0.39, 0.29) is 0 Å². The number of rotatable bonds is 5. The fourth-order valence-electron chi connectivity index (χ4n) is 3.70. The molecule has 0 radical (unpaired) electrons. The Balaban J connectivity index is 1.84. The van der Waals surface area contributed by atoms with Crippen LogP contribution in [-0.2, 0) is 9.59 Å². The number of thiophene rings is 1. The van der Waals surface area contributed by atoms with Crippen LogP contribution in [0.3, 0.4) is 0 Å². The number of para-hydroxylation sites is 2. The zero-order valence-electron chi connectivity index (χ0n) is 16.8. The van der Waals surface area contributed by atoms with Gasteiger partial charge in [0, 0.05) is 10.1 Å². The van der Waals surface area contributed by atoms with Crippen molar-refractivity contribution in [2.45, 2.75) is 0 Å². The number of anilines is 2. The molecule has 0 saturated carbocycles. The van der Waals surface area contributed by atoms with Gasteiger partial charge in [-0.25, -0.2) is 4.68 Å². The number of amides is 1. The molecule has 0 aliphatic carbocycles. The molecular formula is C25H16N4O2S. The molecule has 0 bridgehead atoms. The number of aldehydes is 1. The van der Waals surface area contributed by atoms with Crippen molar-refractivity contribution in [1.29, 1.82) is 5.26 Å². The van der Waals surface area contributed by atoms with Gasteiger partial charge in [-0.15, -0.1) is 16.4 Å². The molecule has 0 spiro atoms. The number of hydrogen-bond acceptors (Lipinski definition) is 5. The third-order valence-electron chi connectivity index (χ3n) is 5.17. The lowest BCUT2D eigenvalue weighted by molar-refractivity contribution is -0.124. The first-order chi connectivity index (χ1) is 15.7. The largest absolute Gasteiger partial charge is 0.301 e. The first kappa shape index (κ1) is 19.7. The van der Waals surface area contributed by atoms with E-state index in [0.717, 1.165) is 26.0 Å². The zero-order chi connectivity index (χ0) is 22.1. The maximum absolute atomic E-state index is 13.3. The van der Waals surface area contributed by atoms with Crippen LogP contribution in [0.1, 0.15) is 0 Å². The van der Waals surface area contributed by atoms with Gasteiger partial charge in [-0.05, 0) is 30.3 Å². The number of hydrogen-bond donors (Lipinski definition) is 0. The molecule has 32 heavy (non-hydrogen) atoms. The van der Waals surface area contributed by atoms with Crippen molar-refractivity contribution in [3.8, 4) is 11.8 Å². The normalized spacial score (nSPS) is 11.8. The maximum Gasteiger partial charge on any atom is 0.257 e. The number of benzene rings is 3. The minimum Gasteiger partial charge on any atom is -0.301 e. The topological polar surface area (TPSA) is 79.0 Å². The lowest BCUT2D eigenvalue weighted by Gasteiger charge is -2.21. The first-order valence-corrected chi connectivity index (χ1v) is 10.7. The van der Waals surface area contributed by atoms with Gasteiger partial charge in [-0.1, -0.05) is 54.6 Å². The van der Waals surface area contributed by atoms with Crippen molar-refractivity contribution in [2.24, 2.45) is 5.92 Å². The van der Waals surface area contributed by atoms with Crippen molar-refractivity contribution >= 4 is 55.3 Å². The average molecular weight is 436 g/mol. The second-order valence-corrected chi connectivity index (χ2v) is 8.15. The highest BCUT2D eigenvalue weighted by Gasteiger charge is 2.31. The highest BCUT2D eigenvalue weighted by atomic mass is 32.1. The quantitative estimate of drug-likeness (QED) is 0.279. The maximum atomic E-state index is 13.3. The summed E-state index contributed by atoms with van der Waals surface area (Å²) in [5.74, 6) is -1.67. The number of carbonyl (C=O) groups is 2. The molecule has 2 heterocycles. The second-order valence-electron chi connectivity index (χ2n) is 7.10. The summed E-state index contributed by atoms with van der Waals surface area (Å²) in [5, 5.41) is 15.2. The lowest BCUT2D eigenvalue weighted by Crippen LogP contribution is -2.33. The minimum atomic E-state index is -1.43. The summed E-state index contributed by atoms with van der Waals surface area (Å²) in [7, 11) is 0. The van der Waals surface area contributed by atoms with Crippen molar-refractivity contribution in [2.75, 3.05) is 4.90 Å². The van der Waals surface area contributed by atoms with Crippen molar-refractivity contribution in [3.05, 3.63) is 84.9 Å². The third-order valence-corrected chi connectivity index (χ3v) is 6.32. The van der Waals surface area contributed by atoms with Crippen LogP contribution in [0, 0.1) is 17.2 Å². The molecule has 1 unspecified atom stereocenters. The lowest BCUT2D eigenvalue weighted by atomic mass is 10.1. The number of aromatic nitrogens is 2. The zero-order valence-corrected chi connectivity index (χ0v) is 17.6. The fourth-order valence-corrected chi connectivity index (χ4v) is 4.86. The monoisotopic (exact) mass is 436 g/mol. The molecule has 2 aromatic heterocycles. The number of carbonyl (C=O) groups excluding carboxylic acids is 2. The first-order valence-electron chi connectivity index (χ1n) is 9.92. The van der Waals surface area contributed by atoms with E-state index in [0.29, 0.717) is 17.8 Å². The van der Waals surface area contributed by atoms with E-state index in [1.807, 2.05) is 65.3 Å². The number of nitrogens with zero attached hydrogens (tertiary/aromatic N) is 4. The molecule has 0 aliphatic rings. The number of fused-ring (bicyclic) bond motifs is 3. The molecule has 0 aliphatic heterocycles. The van der Waals surface area contributed by atoms with Crippen LogP contribution >= 0.6 is 11.3 Å². The molecule has 5 aromatic rings. The molecule has 0 N–H and O–H groups in total. The predicted molar refractivity (Wildman–Crippen MR) is 125 cm³/mol. The van der Waals surface area contributed by atoms with Gasteiger partial charge in [0.15, 0.2) is 11.7 Å². The molecule has 7 heteroatoms. The third kappa shape index (κ3) is 3.14. The summed E-state index contributed by atoms with van der Waals surface area (Å²) < 4.78 is 3.67. The molecule has 0 saturated heterocycles. The summed E-state index contributed by atoms with van der Waals surface area (Å²) in [5.41, 5.74) is 2.26. The molecule has 1 amide bonds. The van der Waals surface area contributed by atoms with Crippen LogP contribution in [-0.4, -0.2) is 22.0 Å². The molecular weight excluding hydrogens is 420 g/mol. The van der Waals surface area contributed by atoms with Gasteiger partial charge < -0.3 is 4.79 Å². The standard InChI is InChI=1S/C25H16N4O2S/c26-15-17(16-30)25(31)28(18-9-3-1-4-10-18)24-23-22(20-13-7-8-14-21(20)32-23)29(27-24)19-11-5-2-6-12-19/h1-14,16-17H.